The predicted molar refractivity (Wildman–Crippen MR) is 73.0 cm³/mol. The second kappa shape index (κ2) is 7.22. The molecular weight excluding hydrogens is 244 g/mol. The molecule has 0 spiro atoms. The molecule has 1 aliphatic carbocycles. The Bertz CT molecular complexity index is 294. The molecule has 0 aromatic heterocycles. The van der Waals surface area contributed by atoms with Gasteiger partial charge in [-0.3, -0.25) is 9.69 Å². The fourth-order valence-electron chi connectivity index (χ4n) is 3.19. The quantitative estimate of drug-likeness (QED) is 0.629. The molecular formula is C14H26N2O3. The van der Waals surface area contributed by atoms with Crippen LogP contribution in [0.15, 0.2) is 0 Å². The minimum atomic E-state index is -0.762. The molecule has 2 rings (SSSR count). The number of piperidine rings is 1. The van der Waals surface area contributed by atoms with Gasteiger partial charge in [0, 0.05) is 25.7 Å². The summed E-state index contributed by atoms with van der Waals surface area (Å²) in [6.45, 7) is 3.00. The van der Waals surface area contributed by atoms with E-state index in [9.17, 15) is 4.79 Å². The number of aliphatic carboxylic acids is 1. The van der Waals surface area contributed by atoms with Gasteiger partial charge in [0.05, 0.1) is 6.54 Å². The van der Waals surface area contributed by atoms with E-state index in [1.165, 1.54) is 19.3 Å². The lowest BCUT2D eigenvalue weighted by atomic mass is 9.84. The van der Waals surface area contributed by atoms with Crippen molar-refractivity contribution < 1.29 is 15.0 Å². The van der Waals surface area contributed by atoms with Crippen LogP contribution in [0.1, 0.15) is 32.1 Å². The highest BCUT2D eigenvalue weighted by molar-refractivity contribution is 5.69. The van der Waals surface area contributed by atoms with Gasteiger partial charge >= 0.3 is 5.97 Å². The molecule has 2 unspecified atom stereocenters. The number of carboxylic acid groups (broad SMARTS) is 1. The summed E-state index contributed by atoms with van der Waals surface area (Å²) < 4.78 is 0. The first kappa shape index (κ1) is 14.8. The smallest absolute Gasteiger partial charge is 0.317 e. The van der Waals surface area contributed by atoms with Crippen molar-refractivity contribution in [3.63, 3.8) is 0 Å². The van der Waals surface area contributed by atoms with Crippen molar-refractivity contribution in [1.82, 2.24) is 10.2 Å². The van der Waals surface area contributed by atoms with Gasteiger partial charge in [-0.05, 0) is 44.1 Å². The molecule has 2 aliphatic rings. The van der Waals surface area contributed by atoms with E-state index in [0.29, 0.717) is 12.0 Å². The Labute approximate surface area is 115 Å². The van der Waals surface area contributed by atoms with Gasteiger partial charge in [0.1, 0.15) is 0 Å². The highest BCUT2D eigenvalue weighted by atomic mass is 16.4. The lowest BCUT2D eigenvalue weighted by molar-refractivity contribution is -0.138. The van der Waals surface area contributed by atoms with E-state index < -0.39 is 5.97 Å². The fraction of sp³-hybridized carbons (Fsp3) is 0.929. The van der Waals surface area contributed by atoms with Crippen LogP contribution < -0.4 is 5.32 Å². The molecule has 1 saturated carbocycles. The van der Waals surface area contributed by atoms with E-state index in [1.54, 1.807) is 0 Å². The minimum Gasteiger partial charge on any atom is -0.480 e. The molecule has 0 bridgehead atoms. The third-order valence-corrected chi connectivity index (χ3v) is 4.43. The molecule has 5 heteroatoms. The lowest BCUT2D eigenvalue weighted by Gasteiger charge is -2.38. The van der Waals surface area contributed by atoms with Crippen LogP contribution >= 0.6 is 0 Å². The molecule has 0 radical (unpaired) electrons. The maximum atomic E-state index is 10.8. The van der Waals surface area contributed by atoms with E-state index in [0.717, 1.165) is 38.4 Å². The van der Waals surface area contributed by atoms with Gasteiger partial charge in [-0.1, -0.05) is 6.42 Å². The minimum absolute atomic E-state index is 0.115. The Morgan fingerprint density at radius 1 is 1.26 bits per heavy atom. The summed E-state index contributed by atoms with van der Waals surface area (Å²) in [5, 5.41) is 21.6. The van der Waals surface area contributed by atoms with Crippen molar-refractivity contribution in [3.8, 4) is 0 Å². The Morgan fingerprint density at radius 2 is 2.05 bits per heavy atom. The van der Waals surface area contributed by atoms with Gasteiger partial charge in [0.15, 0.2) is 0 Å². The number of aliphatic hydroxyl groups excluding tert-OH is 1. The van der Waals surface area contributed by atoms with Gasteiger partial charge in [-0.2, -0.15) is 0 Å². The summed E-state index contributed by atoms with van der Waals surface area (Å²) in [5.41, 5.74) is 0. The molecule has 0 aromatic rings. The van der Waals surface area contributed by atoms with E-state index >= 15 is 0 Å². The van der Waals surface area contributed by atoms with Gasteiger partial charge in [-0.25, -0.2) is 0 Å². The highest BCUT2D eigenvalue weighted by Gasteiger charge is 2.28. The van der Waals surface area contributed by atoms with Gasteiger partial charge in [-0.15, -0.1) is 0 Å². The molecule has 110 valence electrons. The molecule has 1 saturated heterocycles. The van der Waals surface area contributed by atoms with Crippen LogP contribution in [0.25, 0.3) is 0 Å². The van der Waals surface area contributed by atoms with E-state index in [-0.39, 0.29) is 13.2 Å². The summed E-state index contributed by atoms with van der Waals surface area (Å²) in [6, 6.07) is 0.380. The molecule has 2 atom stereocenters. The lowest BCUT2D eigenvalue weighted by Crippen LogP contribution is -2.51. The molecule has 2 fully saturated rings. The first-order valence-corrected chi connectivity index (χ1v) is 7.45. The van der Waals surface area contributed by atoms with Gasteiger partial charge in [0.25, 0.3) is 0 Å². The zero-order valence-corrected chi connectivity index (χ0v) is 11.6. The topological polar surface area (TPSA) is 72.8 Å². The number of aliphatic hydroxyl groups is 1. The summed E-state index contributed by atoms with van der Waals surface area (Å²) >= 11 is 0. The van der Waals surface area contributed by atoms with Crippen molar-refractivity contribution in [2.75, 3.05) is 32.8 Å². The predicted octanol–water partition coefficient (Wildman–Crippen LogP) is 0.534. The number of hydrogen-bond acceptors (Lipinski definition) is 4. The van der Waals surface area contributed by atoms with E-state index in [2.05, 4.69) is 5.32 Å². The van der Waals surface area contributed by atoms with Gasteiger partial charge in [0.2, 0.25) is 0 Å². The largest absolute Gasteiger partial charge is 0.480 e. The monoisotopic (exact) mass is 270 g/mol. The van der Waals surface area contributed by atoms with Crippen LogP contribution in [0.2, 0.25) is 0 Å². The maximum absolute atomic E-state index is 10.8. The number of nitrogens with zero attached hydrogens (tertiary/aromatic N) is 1. The van der Waals surface area contributed by atoms with Crippen LogP contribution in [-0.4, -0.2) is 59.9 Å². The zero-order chi connectivity index (χ0) is 13.7. The third-order valence-electron chi connectivity index (χ3n) is 4.43. The number of hydrogen-bond donors (Lipinski definition) is 3. The fourth-order valence-corrected chi connectivity index (χ4v) is 3.19. The number of nitrogens with one attached hydrogen (secondary N) is 1. The SMILES string of the molecule is O=C(O)CN1CC(CCO)CC(NCC2CCC2)C1. The molecule has 19 heavy (non-hydrogen) atoms. The summed E-state index contributed by atoms with van der Waals surface area (Å²) in [6.07, 6.45) is 5.85. The zero-order valence-electron chi connectivity index (χ0n) is 11.6. The molecule has 0 amide bonds. The van der Waals surface area contributed by atoms with Crippen molar-refractivity contribution in [2.24, 2.45) is 11.8 Å². The molecule has 3 N–H and O–H groups in total. The summed E-state index contributed by atoms with van der Waals surface area (Å²) in [5.74, 6) is 0.477. The van der Waals surface area contributed by atoms with Crippen LogP contribution in [0.3, 0.4) is 0 Å². The molecule has 0 aromatic carbocycles. The average Bonchev–Trinajstić information content (AvgIpc) is 2.26. The standard InChI is InChI=1S/C14H26N2O3/c17-5-4-12-6-13(15-7-11-2-1-3-11)9-16(8-12)10-14(18)19/h11-13,15,17H,1-10H2,(H,18,19). The van der Waals surface area contributed by atoms with Crippen molar-refractivity contribution >= 4 is 5.97 Å². The summed E-state index contributed by atoms with van der Waals surface area (Å²) in [4.78, 5) is 12.9. The molecule has 5 nitrogen and oxygen atoms in total. The van der Waals surface area contributed by atoms with Crippen LogP contribution in [-0.2, 0) is 4.79 Å². The first-order valence-electron chi connectivity index (χ1n) is 7.45. The first-order chi connectivity index (χ1) is 9.17. The number of likely N-dealkylation sites (tertiary alicyclic amines) is 1. The third kappa shape index (κ3) is 4.75. The molecule has 1 aliphatic heterocycles. The highest BCUT2D eigenvalue weighted by Crippen LogP contribution is 2.26. The number of carbonyl (C=O) groups is 1. The second-order valence-electron chi connectivity index (χ2n) is 6.10. The van der Waals surface area contributed by atoms with Crippen LogP contribution in [0, 0.1) is 11.8 Å². The van der Waals surface area contributed by atoms with Crippen molar-refractivity contribution in [2.45, 2.75) is 38.1 Å². The normalized spacial score (nSPS) is 29.1. The maximum Gasteiger partial charge on any atom is 0.317 e. The number of rotatable bonds is 7. The van der Waals surface area contributed by atoms with Crippen molar-refractivity contribution in [3.05, 3.63) is 0 Å². The second-order valence-corrected chi connectivity index (χ2v) is 6.10. The Hall–Kier alpha value is -0.650. The average molecular weight is 270 g/mol. The Balaban J connectivity index is 1.79. The Morgan fingerprint density at radius 3 is 2.63 bits per heavy atom. The Kier molecular flexibility index (Phi) is 5.60. The molecule has 1 heterocycles. The van der Waals surface area contributed by atoms with Crippen molar-refractivity contribution in [1.29, 1.82) is 0 Å². The summed E-state index contributed by atoms with van der Waals surface area (Å²) in [7, 11) is 0. The number of carboxylic acids is 1. The van der Waals surface area contributed by atoms with E-state index in [4.69, 9.17) is 10.2 Å². The van der Waals surface area contributed by atoms with Gasteiger partial charge < -0.3 is 15.5 Å². The van der Waals surface area contributed by atoms with Crippen LogP contribution in [0.5, 0.6) is 0 Å². The van der Waals surface area contributed by atoms with E-state index in [1.807, 2.05) is 4.90 Å². The van der Waals surface area contributed by atoms with Crippen LogP contribution in [0.4, 0.5) is 0 Å².